The van der Waals surface area contributed by atoms with Crippen LogP contribution in [0.15, 0.2) is 48.5 Å². The van der Waals surface area contributed by atoms with E-state index in [1.54, 1.807) is 11.3 Å². The van der Waals surface area contributed by atoms with E-state index in [1.807, 2.05) is 0 Å². The van der Waals surface area contributed by atoms with Gasteiger partial charge in [-0.25, -0.2) is 4.98 Å². The van der Waals surface area contributed by atoms with Crippen LogP contribution in [0.4, 0.5) is 5.69 Å². The second kappa shape index (κ2) is 7.82. The van der Waals surface area contributed by atoms with Crippen molar-refractivity contribution in [2.45, 2.75) is 31.5 Å². The number of nitrogens with zero attached hydrogens (tertiary/aromatic N) is 3. The van der Waals surface area contributed by atoms with Gasteiger partial charge in [-0.2, -0.15) is 0 Å². The van der Waals surface area contributed by atoms with Crippen LogP contribution in [0, 0.1) is 0 Å². The molecule has 3 aromatic rings. The maximum atomic E-state index is 6.73. The second-order valence-corrected chi connectivity index (χ2v) is 9.04. The van der Waals surface area contributed by atoms with Crippen LogP contribution in [0.5, 0.6) is 0 Å². The summed E-state index contributed by atoms with van der Waals surface area (Å²) in [6.45, 7) is 4.52. The Kier molecular flexibility index (Phi) is 5.05. The van der Waals surface area contributed by atoms with Crippen LogP contribution >= 0.6 is 11.3 Å². The fourth-order valence-electron chi connectivity index (χ4n) is 4.05. The summed E-state index contributed by atoms with van der Waals surface area (Å²) in [5.74, 6) is 0. The lowest BCUT2D eigenvalue weighted by atomic mass is 10.0. The number of piperidine rings is 1. The zero-order valence-corrected chi connectivity index (χ0v) is 17.2. The molecule has 4 nitrogen and oxygen atoms in total. The van der Waals surface area contributed by atoms with Gasteiger partial charge in [0.05, 0.1) is 16.3 Å². The molecule has 3 heterocycles. The number of rotatable bonds is 5. The predicted octanol–water partition coefficient (Wildman–Crippen LogP) is 4.71. The third kappa shape index (κ3) is 3.66. The Hall–Kier alpha value is -1.95. The zero-order chi connectivity index (χ0) is 18.9. The summed E-state index contributed by atoms with van der Waals surface area (Å²) in [4.78, 5) is 9.77. The number of anilines is 1. The van der Waals surface area contributed by atoms with Crippen molar-refractivity contribution in [2.24, 2.45) is 0 Å². The Bertz CT molecular complexity index is 911. The Morgan fingerprint density at radius 3 is 2.61 bits per heavy atom. The van der Waals surface area contributed by atoms with Crippen LogP contribution in [0.2, 0.25) is 0 Å². The summed E-state index contributed by atoms with van der Waals surface area (Å²) in [6, 6.07) is 17.3. The van der Waals surface area contributed by atoms with Crippen molar-refractivity contribution in [3.8, 4) is 0 Å². The number of para-hydroxylation sites is 1. The van der Waals surface area contributed by atoms with E-state index in [1.165, 1.54) is 22.4 Å². The molecule has 2 aliphatic rings. The van der Waals surface area contributed by atoms with Crippen molar-refractivity contribution in [3.63, 3.8) is 0 Å². The molecule has 28 heavy (non-hydrogen) atoms. The maximum absolute atomic E-state index is 6.73. The summed E-state index contributed by atoms with van der Waals surface area (Å²) in [7, 11) is 2.19. The molecule has 5 rings (SSSR count). The molecule has 2 aromatic carbocycles. The Labute approximate surface area is 170 Å². The fourth-order valence-corrected chi connectivity index (χ4v) is 5.09. The average Bonchev–Trinajstić information content (AvgIpc) is 3.10. The van der Waals surface area contributed by atoms with Crippen LogP contribution < -0.4 is 4.90 Å². The van der Waals surface area contributed by atoms with Gasteiger partial charge in [-0.15, -0.1) is 11.3 Å². The van der Waals surface area contributed by atoms with Gasteiger partial charge in [-0.1, -0.05) is 24.3 Å². The summed E-state index contributed by atoms with van der Waals surface area (Å²) in [6.07, 6.45) is 3.67. The van der Waals surface area contributed by atoms with Crippen molar-refractivity contribution in [3.05, 3.63) is 59.1 Å². The molecule has 0 saturated carbocycles. The van der Waals surface area contributed by atoms with Gasteiger partial charge < -0.3 is 14.5 Å². The number of likely N-dealkylation sites (tertiary alicyclic amines) is 1. The standard InChI is InChI=1S/C23H27N3OS/c1-25-14-10-19(11-15-25)27-22(23-24-20-8-2-3-9-21(20)28-23)17-6-4-7-18(16-17)26-12-5-13-26/h2-4,6-9,16,19,22H,5,10-15H2,1H3. The highest BCUT2D eigenvalue weighted by atomic mass is 32.1. The Morgan fingerprint density at radius 1 is 1.04 bits per heavy atom. The van der Waals surface area contributed by atoms with Gasteiger partial charge in [-0.3, -0.25) is 0 Å². The van der Waals surface area contributed by atoms with Gasteiger partial charge in [0.2, 0.25) is 0 Å². The van der Waals surface area contributed by atoms with Crippen molar-refractivity contribution in [1.29, 1.82) is 0 Å². The second-order valence-electron chi connectivity index (χ2n) is 7.97. The van der Waals surface area contributed by atoms with Gasteiger partial charge in [0.1, 0.15) is 11.1 Å². The monoisotopic (exact) mass is 393 g/mol. The number of fused-ring (bicyclic) bond motifs is 1. The fraction of sp³-hybridized carbons (Fsp3) is 0.435. The van der Waals surface area contributed by atoms with Crippen molar-refractivity contribution in [2.75, 3.05) is 38.1 Å². The molecule has 146 valence electrons. The smallest absolute Gasteiger partial charge is 0.134 e. The molecule has 1 aromatic heterocycles. The molecule has 2 fully saturated rings. The van der Waals surface area contributed by atoms with E-state index < -0.39 is 0 Å². The first-order chi connectivity index (χ1) is 13.8. The molecule has 0 amide bonds. The highest BCUT2D eigenvalue weighted by Gasteiger charge is 2.27. The van der Waals surface area contributed by atoms with E-state index in [-0.39, 0.29) is 6.10 Å². The Balaban J connectivity index is 1.48. The first-order valence-electron chi connectivity index (χ1n) is 10.3. The number of aromatic nitrogens is 1. The van der Waals surface area contributed by atoms with Gasteiger partial charge in [0.15, 0.2) is 0 Å². The van der Waals surface area contributed by atoms with Crippen LogP contribution in [-0.4, -0.2) is 49.2 Å². The summed E-state index contributed by atoms with van der Waals surface area (Å²) >= 11 is 1.76. The number of benzene rings is 2. The lowest BCUT2D eigenvalue weighted by Crippen LogP contribution is -2.37. The quantitative estimate of drug-likeness (QED) is 0.628. The summed E-state index contributed by atoms with van der Waals surface area (Å²) in [5, 5.41) is 1.07. The number of ether oxygens (including phenoxy) is 1. The number of hydrogen-bond donors (Lipinski definition) is 0. The number of hydrogen-bond acceptors (Lipinski definition) is 5. The molecule has 5 heteroatoms. The molecular weight excluding hydrogens is 366 g/mol. The maximum Gasteiger partial charge on any atom is 0.134 e. The molecule has 1 atom stereocenters. The van der Waals surface area contributed by atoms with Crippen LogP contribution in [0.1, 0.15) is 35.9 Å². The topological polar surface area (TPSA) is 28.6 Å². The summed E-state index contributed by atoms with van der Waals surface area (Å²) < 4.78 is 7.96. The van der Waals surface area contributed by atoms with Crippen LogP contribution in [0.3, 0.4) is 0 Å². The van der Waals surface area contributed by atoms with E-state index in [0.29, 0.717) is 6.10 Å². The van der Waals surface area contributed by atoms with Gasteiger partial charge in [-0.05, 0) is 56.1 Å². The molecule has 0 aliphatic carbocycles. The SMILES string of the molecule is CN1CCC(OC(c2cccc(N3CCC3)c2)c2nc3ccccc3s2)CC1. The van der Waals surface area contributed by atoms with Crippen molar-refractivity contribution in [1.82, 2.24) is 9.88 Å². The lowest BCUT2D eigenvalue weighted by molar-refractivity contribution is -0.0234. The predicted molar refractivity (Wildman–Crippen MR) is 116 cm³/mol. The van der Waals surface area contributed by atoms with E-state index >= 15 is 0 Å². The van der Waals surface area contributed by atoms with Crippen molar-refractivity contribution >= 4 is 27.2 Å². The lowest BCUT2D eigenvalue weighted by Gasteiger charge is -2.34. The minimum atomic E-state index is -0.0907. The molecular formula is C23H27N3OS. The molecule has 2 saturated heterocycles. The first-order valence-corrected chi connectivity index (χ1v) is 11.1. The highest BCUT2D eigenvalue weighted by Crippen LogP contribution is 2.36. The Morgan fingerprint density at radius 2 is 1.86 bits per heavy atom. The van der Waals surface area contributed by atoms with Crippen LogP contribution in [0.25, 0.3) is 10.2 Å². The third-order valence-corrected chi connectivity index (χ3v) is 7.00. The van der Waals surface area contributed by atoms with Gasteiger partial charge in [0.25, 0.3) is 0 Å². The normalized spacial score (nSPS) is 19.7. The van der Waals surface area contributed by atoms with Gasteiger partial charge >= 0.3 is 0 Å². The number of thiazole rings is 1. The zero-order valence-electron chi connectivity index (χ0n) is 16.4. The minimum Gasteiger partial charge on any atom is -0.371 e. The van der Waals surface area contributed by atoms with Gasteiger partial charge in [0, 0.05) is 31.9 Å². The molecule has 0 spiro atoms. The molecule has 0 bridgehead atoms. The van der Waals surface area contributed by atoms with E-state index in [4.69, 9.17) is 9.72 Å². The minimum absolute atomic E-state index is 0.0907. The largest absolute Gasteiger partial charge is 0.371 e. The van der Waals surface area contributed by atoms with E-state index in [0.717, 1.165) is 49.5 Å². The van der Waals surface area contributed by atoms with Crippen molar-refractivity contribution < 1.29 is 4.74 Å². The highest BCUT2D eigenvalue weighted by molar-refractivity contribution is 7.18. The van der Waals surface area contributed by atoms with E-state index in [2.05, 4.69) is 65.4 Å². The third-order valence-electron chi connectivity index (χ3n) is 5.92. The molecule has 0 radical (unpaired) electrons. The molecule has 1 unspecified atom stereocenters. The first kappa shape index (κ1) is 18.1. The molecule has 2 aliphatic heterocycles. The average molecular weight is 394 g/mol. The van der Waals surface area contributed by atoms with E-state index in [9.17, 15) is 0 Å². The molecule has 0 N–H and O–H groups in total. The summed E-state index contributed by atoms with van der Waals surface area (Å²) in [5.41, 5.74) is 3.60. The van der Waals surface area contributed by atoms with Crippen LogP contribution in [-0.2, 0) is 4.74 Å².